The largest absolute Gasteiger partial charge is 0.356 e. The highest BCUT2D eigenvalue weighted by Crippen LogP contribution is 2.20. The summed E-state index contributed by atoms with van der Waals surface area (Å²) in [5.41, 5.74) is 1.81. The Labute approximate surface area is 157 Å². The van der Waals surface area contributed by atoms with Crippen LogP contribution in [0.1, 0.15) is 31.2 Å². The fourth-order valence-electron chi connectivity index (χ4n) is 2.68. The van der Waals surface area contributed by atoms with Gasteiger partial charge in [-0.25, -0.2) is 0 Å². The van der Waals surface area contributed by atoms with E-state index in [0.29, 0.717) is 18.9 Å². The van der Waals surface area contributed by atoms with Crippen molar-refractivity contribution in [2.75, 3.05) is 25.0 Å². The Hall–Kier alpha value is -1.11. The zero-order chi connectivity index (χ0) is 16.7. The maximum atomic E-state index is 11.9. The van der Waals surface area contributed by atoms with Crippen LogP contribution < -0.4 is 16.0 Å². The molecular formula is C17H25BrClN3O2. The van der Waals surface area contributed by atoms with Gasteiger partial charge < -0.3 is 16.0 Å². The number of anilines is 1. The highest BCUT2D eigenvalue weighted by atomic mass is 79.9. The van der Waals surface area contributed by atoms with Crippen LogP contribution in [0, 0.1) is 12.8 Å². The van der Waals surface area contributed by atoms with Crippen LogP contribution in [0.2, 0.25) is 0 Å². The molecule has 1 aliphatic heterocycles. The number of rotatable bonds is 7. The molecule has 0 spiro atoms. The molecule has 2 amide bonds. The third-order valence-corrected chi connectivity index (χ3v) is 4.57. The molecule has 3 N–H and O–H groups in total. The average molecular weight is 419 g/mol. The lowest BCUT2D eigenvalue weighted by atomic mass is 10.0. The number of aryl methyl sites for hydroxylation is 1. The Balaban J connectivity index is 0.00000288. The monoisotopic (exact) mass is 417 g/mol. The molecule has 2 rings (SSSR count). The number of hydrogen-bond acceptors (Lipinski definition) is 3. The zero-order valence-electron chi connectivity index (χ0n) is 13.9. The Kier molecular flexibility index (Phi) is 9.33. The number of nitrogens with one attached hydrogen (secondary N) is 3. The summed E-state index contributed by atoms with van der Waals surface area (Å²) in [5, 5.41) is 8.99. The molecule has 1 aromatic carbocycles. The predicted molar refractivity (Wildman–Crippen MR) is 103 cm³/mol. The van der Waals surface area contributed by atoms with Gasteiger partial charge in [0.05, 0.1) is 0 Å². The SMILES string of the molecule is Cc1cc(Br)ccc1NC(=O)CCNC(=O)CCC1CCNC1.Cl. The maximum absolute atomic E-state index is 11.9. The lowest BCUT2D eigenvalue weighted by molar-refractivity contribution is -0.121. The third kappa shape index (κ3) is 7.20. The van der Waals surface area contributed by atoms with Crippen LogP contribution in [0.15, 0.2) is 22.7 Å². The molecule has 1 heterocycles. The lowest BCUT2D eigenvalue weighted by Crippen LogP contribution is -2.28. The van der Waals surface area contributed by atoms with Crippen molar-refractivity contribution in [1.82, 2.24) is 10.6 Å². The van der Waals surface area contributed by atoms with Crippen LogP contribution in [0.4, 0.5) is 5.69 Å². The van der Waals surface area contributed by atoms with E-state index in [-0.39, 0.29) is 30.6 Å². The van der Waals surface area contributed by atoms with Crippen molar-refractivity contribution in [3.8, 4) is 0 Å². The van der Waals surface area contributed by atoms with Gasteiger partial charge in [-0.2, -0.15) is 0 Å². The Morgan fingerprint density at radius 2 is 2.08 bits per heavy atom. The molecule has 7 heteroatoms. The first kappa shape index (κ1) is 20.9. The van der Waals surface area contributed by atoms with Crippen LogP contribution in [-0.2, 0) is 9.59 Å². The Morgan fingerprint density at radius 3 is 2.75 bits per heavy atom. The molecule has 24 heavy (non-hydrogen) atoms. The van der Waals surface area contributed by atoms with E-state index in [1.165, 1.54) is 0 Å². The molecule has 0 radical (unpaired) electrons. The van der Waals surface area contributed by atoms with Crippen LogP contribution in [0.3, 0.4) is 0 Å². The van der Waals surface area contributed by atoms with Gasteiger partial charge in [0.15, 0.2) is 0 Å². The predicted octanol–water partition coefficient (Wildman–Crippen LogP) is 3.01. The average Bonchev–Trinajstić information content (AvgIpc) is 3.01. The van der Waals surface area contributed by atoms with Gasteiger partial charge in [0.25, 0.3) is 0 Å². The van der Waals surface area contributed by atoms with E-state index in [1.54, 1.807) is 0 Å². The molecule has 1 unspecified atom stereocenters. The van der Waals surface area contributed by atoms with E-state index in [9.17, 15) is 9.59 Å². The Morgan fingerprint density at radius 1 is 1.29 bits per heavy atom. The molecule has 0 aliphatic carbocycles. The smallest absolute Gasteiger partial charge is 0.226 e. The second kappa shape index (κ2) is 10.7. The minimum Gasteiger partial charge on any atom is -0.356 e. The number of carbonyl (C=O) groups is 2. The number of carbonyl (C=O) groups excluding carboxylic acids is 2. The maximum Gasteiger partial charge on any atom is 0.226 e. The molecule has 1 aromatic rings. The topological polar surface area (TPSA) is 70.2 Å². The van der Waals surface area contributed by atoms with Gasteiger partial charge in [-0.1, -0.05) is 15.9 Å². The minimum atomic E-state index is -0.0873. The Bertz CT molecular complexity index is 563. The number of amides is 2. The summed E-state index contributed by atoms with van der Waals surface area (Å²) in [7, 11) is 0. The fourth-order valence-corrected chi connectivity index (χ4v) is 3.16. The summed E-state index contributed by atoms with van der Waals surface area (Å²) in [6.45, 7) is 4.40. The van der Waals surface area contributed by atoms with Crippen molar-refractivity contribution < 1.29 is 9.59 Å². The van der Waals surface area contributed by atoms with E-state index in [1.807, 2.05) is 25.1 Å². The summed E-state index contributed by atoms with van der Waals surface area (Å²) in [6, 6.07) is 5.71. The summed E-state index contributed by atoms with van der Waals surface area (Å²) >= 11 is 3.40. The molecule has 0 bridgehead atoms. The van der Waals surface area contributed by atoms with E-state index >= 15 is 0 Å². The first-order valence-corrected chi connectivity index (χ1v) is 8.87. The van der Waals surface area contributed by atoms with Crippen LogP contribution in [0.5, 0.6) is 0 Å². The van der Waals surface area contributed by atoms with Crippen molar-refractivity contribution in [1.29, 1.82) is 0 Å². The molecule has 1 saturated heterocycles. The van der Waals surface area contributed by atoms with E-state index < -0.39 is 0 Å². The summed E-state index contributed by atoms with van der Waals surface area (Å²) < 4.78 is 0.984. The second-order valence-electron chi connectivity index (χ2n) is 6.00. The molecule has 1 aliphatic rings. The molecule has 5 nitrogen and oxygen atoms in total. The van der Waals surface area contributed by atoms with Gasteiger partial charge in [-0.05, 0) is 62.5 Å². The van der Waals surface area contributed by atoms with Crippen molar-refractivity contribution >= 4 is 45.8 Å². The van der Waals surface area contributed by atoms with Gasteiger partial charge in [-0.15, -0.1) is 12.4 Å². The van der Waals surface area contributed by atoms with Crippen molar-refractivity contribution in [3.05, 3.63) is 28.2 Å². The van der Waals surface area contributed by atoms with Crippen LogP contribution >= 0.6 is 28.3 Å². The van der Waals surface area contributed by atoms with Gasteiger partial charge >= 0.3 is 0 Å². The van der Waals surface area contributed by atoms with E-state index in [4.69, 9.17) is 0 Å². The van der Waals surface area contributed by atoms with Crippen molar-refractivity contribution in [2.45, 2.75) is 32.6 Å². The second-order valence-corrected chi connectivity index (χ2v) is 6.92. The first-order valence-electron chi connectivity index (χ1n) is 8.08. The summed E-state index contributed by atoms with van der Waals surface area (Å²) in [6.07, 6.45) is 2.90. The molecule has 0 saturated carbocycles. The normalized spacial score (nSPS) is 16.3. The van der Waals surface area contributed by atoms with Gasteiger partial charge in [0, 0.05) is 29.5 Å². The van der Waals surface area contributed by atoms with Crippen LogP contribution in [0.25, 0.3) is 0 Å². The van der Waals surface area contributed by atoms with E-state index in [2.05, 4.69) is 31.9 Å². The van der Waals surface area contributed by atoms with Crippen molar-refractivity contribution in [2.24, 2.45) is 5.92 Å². The summed E-state index contributed by atoms with van der Waals surface area (Å²) in [4.78, 5) is 23.7. The zero-order valence-corrected chi connectivity index (χ0v) is 16.3. The highest BCUT2D eigenvalue weighted by Gasteiger charge is 2.15. The minimum absolute atomic E-state index is 0. The third-order valence-electron chi connectivity index (χ3n) is 4.08. The fraction of sp³-hybridized carbons (Fsp3) is 0.529. The number of benzene rings is 1. The standard InChI is InChI=1S/C17H24BrN3O2.ClH/c1-12-10-14(18)3-4-15(12)21-17(23)7-9-20-16(22)5-2-13-6-8-19-11-13;/h3-4,10,13,19H,2,5-9,11H2,1H3,(H,20,22)(H,21,23);1H. The molecule has 1 atom stereocenters. The van der Waals surface area contributed by atoms with E-state index in [0.717, 1.165) is 41.7 Å². The highest BCUT2D eigenvalue weighted by molar-refractivity contribution is 9.10. The van der Waals surface area contributed by atoms with Gasteiger partial charge in [0.2, 0.25) is 11.8 Å². The quantitative estimate of drug-likeness (QED) is 0.637. The number of halogens is 2. The molecule has 0 aromatic heterocycles. The summed E-state index contributed by atoms with van der Waals surface area (Å²) in [5.74, 6) is 0.560. The van der Waals surface area contributed by atoms with Gasteiger partial charge in [-0.3, -0.25) is 9.59 Å². The molecular weight excluding hydrogens is 394 g/mol. The first-order chi connectivity index (χ1) is 11.0. The number of hydrogen-bond donors (Lipinski definition) is 3. The molecule has 1 fully saturated rings. The van der Waals surface area contributed by atoms with Crippen LogP contribution in [-0.4, -0.2) is 31.4 Å². The van der Waals surface area contributed by atoms with Crippen molar-refractivity contribution in [3.63, 3.8) is 0 Å². The molecule has 134 valence electrons. The lowest BCUT2D eigenvalue weighted by Gasteiger charge is -2.10. The van der Waals surface area contributed by atoms with Gasteiger partial charge in [0.1, 0.15) is 0 Å².